The van der Waals surface area contributed by atoms with Crippen LogP contribution in [0.25, 0.3) is 0 Å². The molecule has 2 unspecified atom stereocenters. The first-order chi connectivity index (χ1) is 7.66. The summed E-state index contributed by atoms with van der Waals surface area (Å²) in [6, 6.07) is 6.14. The Hall–Kier alpha value is -0.890. The van der Waals surface area contributed by atoms with Crippen molar-refractivity contribution in [2.45, 2.75) is 38.6 Å². The fourth-order valence-corrected chi connectivity index (χ4v) is 2.56. The molecule has 2 atom stereocenters. The van der Waals surface area contributed by atoms with E-state index in [-0.39, 0.29) is 0 Å². The van der Waals surface area contributed by atoms with Crippen molar-refractivity contribution in [3.8, 4) is 0 Å². The molecule has 88 valence electrons. The smallest absolute Gasteiger partial charge is 0.0591 e. The van der Waals surface area contributed by atoms with Gasteiger partial charge in [-0.1, -0.05) is 31.4 Å². The van der Waals surface area contributed by atoms with Crippen LogP contribution < -0.4 is 11.1 Å². The van der Waals surface area contributed by atoms with Gasteiger partial charge >= 0.3 is 0 Å². The standard InChI is InChI=1S/C13H19ClN2/c1-9-4-2-3-5-12(9)16-13-8-10(14)6-7-11(13)15/h6-9,12,16H,2-5,15H2,1H3. The van der Waals surface area contributed by atoms with Crippen molar-refractivity contribution in [3.05, 3.63) is 23.2 Å². The summed E-state index contributed by atoms with van der Waals surface area (Å²) >= 11 is 5.98. The summed E-state index contributed by atoms with van der Waals surface area (Å²) in [5.41, 5.74) is 7.69. The largest absolute Gasteiger partial charge is 0.397 e. The van der Waals surface area contributed by atoms with Crippen molar-refractivity contribution < 1.29 is 0 Å². The molecule has 0 aliphatic heterocycles. The minimum absolute atomic E-state index is 0.537. The molecule has 2 rings (SSSR count). The zero-order valence-electron chi connectivity index (χ0n) is 9.67. The number of anilines is 2. The van der Waals surface area contributed by atoms with Gasteiger partial charge in [0, 0.05) is 11.1 Å². The second-order valence-electron chi connectivity index (χ2n) is 4.74. The number of nitrogen functional groups attached to an aromatic ring is 1. The summed E-state index contributed by atoms with van der Waals surface area (Å²) in [6.45, 7) is 2.30. The van der Waals surface area contributed by atoms with Crippen LogP contribution >= 0.6 is 11.6 Å². The molecule has 0 spiro atoms. The van der Waals surface area contributed by atoms with E-state index in [9.17, 15) is 0 Å². The lowest BCUT2D eigenvalue weighted by molar-refractivity contribution is 0.349. The molecule has 1 saturated carbocycles. The lowest BCUT2D eigenvalue weighted by Gasteiger charge is -2.30. The monoisotopic (exact) mass is 238 g/mol. The van der Waals surface area contributed by atoms with Crippen LogP contribution in [0.1, 0.15) is 32.6 Å². The van der Waals surface area contributed by atoms with Crippen LogP contribution in [-0.4, -0.2) is 6.04 Å². The topological polar surface area (TPSA) is 38.0 Å². The second kappa shape index (κ2) is 4.96. The van der Waals surface area contributed by atoms with Gasteiger partial charge in [-0.2, -0.15) is 0 Å². The predicted molar refractivity (Wildman–Crippen MR) is 70.9 cm³/mol. The van der Waals surface area contributed by atoms with Gasteiger partial charge in [0.2, 0.25) is 0 Å². The second-order valence-corrected chi connectivity index (χ2v) is 5.18. The van der Waals surface area contributed by atoms with Gasteiger partial charge < -0.3 is 11.1 Å². The highest BCUT2D eigenvalue weighted by Crippen LogP contribution is 2.30. The summed E-state index contributed by atoms with van der Waals surface area (Å²) in [7, 11) is 0. The van der Waals surface area contributed by atoms with E-state index in [4.69, 9.17) is 17.3 Å². The fourth-order valence-electron chi connectivity index (χ4n) is 2.38. The molecule has 1 aromatic rings. The molecular weight excluding hydrogens is 220 g/mol. The maximum Gasteiger partial charge on any atom is 0.0591 e. The average Bonchev–Trinajstić information content (AvgIpc) is 2.27. The maximum absolute atomic E-state index is 5.98. The third-order valence-corrected chi connectivity index (χ3v) is 3.70. The number of rotatable bonds is 2. The number of hydrogen-bond donors (Lipinski definition) is 2. The number of nitrogens with two attached hydrogens (primary N) is 1. The highest BCUT2D eigenvalue weighted by Gasteiger charge is 2.21. The molecule has 0 heterocycles. The van der Waals surface area contributed by atoms with E-state index >= 15 is 0 Å². The average molecular weight is 239 g/mol. The normalized spacial score (nSPS) is 25.4. The molecule has 0 saturated heterocycles. The van der Waals surface area contributed by atoms with E-state index < -0.39 is 0 Å². The Balaban J connectivity index is 2.10. The van der Waals surface area contributed by atoms with Crippen molar-refractivity contribution in [2.75, 3.05) is 11.1 Å². The minimum atomic E-state index is 0.537. The van der Waals surface area contributed by atoms with Gasteiger partial charge in [0.15, 0.2) is 0 Å². The van der Waals surface area contributed by atoms with Crippen molar-refractivity contribution in [3.63, 3.8) is 0 Å². The maximum atomic E-state index is 5.98. The lowest BCUT2D eigenvalue weighted by Crippen LogP contribution is -2.30. The van der Waals surface area contributed by atoms with E-state index in [2.05, 4.69) is 12.2 Å². The third kappa shape index (κ3) is 2.62. The number of benzene rings is 1. The molecule has 1 fully saturated rings. The third-order valence-electron chi connectivity index (χ3n) is 3.47. The molecule has 3 N–H and O–H groups in total. The molecule has 1 aliphatic carbocycles. The summed E-state index contributed by atoms with van der Waals surface area (Å²) in [6.07, 6.45) is 5.19. The zero-order valence-corrected chi connectivity index (χ0v) is 10.4. The van der Waals surface area contributed by atoms with Crippen molar-refractivity contribution in [2.24, 2.45) is 5.92 Å². The molecule has 0 bridgehead atoms. The Labute approximate surface area is 102 Å². The zero-order chi connectivity index (χ0) is 11.5. The Bertz CT molecular complexity index is 365. The van der Waals surface area contributed by atoms with E-state index in [1.165, 1.54) is 25.7 Å². The Morgan fingerprint density at radius 2 is 2.06 bits per heavy atom. The quantitative estimate of drug-likeness (QED) is 0.767. The molecule has 2 nitrogen and oxygen atoms in total. The molecule has 0 amide bonds. The SMILES string of the molecule is CC1CCCCC1Nc1cc(Cl)ccc1N. The molecular formula is C13H19ClN2. The van der Waals surface area contributed by atoms with Gasteiger partial charge in [0.25, 0.3) is 0 Å². The van der Waals surface area contributed by atoms with Crippen LogP contribution in [0.3, 0.4) is 0 Å². The van der Waals surface area contributed by atoms with Gasteiger partial charge in [-0.05, 0) is 37.0 Å². The van der Waals surface area contributed by atoms with E-state index in [1.807, 2.05) is 18.2 Å². The number of nitrogens with one attached hydrogen (secondary N) is 1. The molecule has 0 aromatic heterocycles. The molecule has 0 radical (unpaired) electrons. The van der Waals surface area contributed by atoms with Gasteiger partial charge in [-0.15, -0.1) is 0 Å². The van der Waals surface area contributed by atoms with Crippen molar-refractivity contribution >= 4 is 23.0 Å². The lowest BCUT2D eigenvalue weighted by atomic mass is 9.86. The highest BCUT2D eigenvalue weighted by atomic mass is 35.5. The predicted octanol–water partition coefficient (Wildman–Crippen LogP) is 3.91. The summed E-state index contributed by atoms with van der Waals surface area (Å²) in [5.74, 6) is 0.715. The first-order valence-electron chi connectivity index (χ1n) is 5.98. The molecule has 1 aliphatic rings. The van der Waals surface area contributed by atoms with E-state index in [0.29, 0.717) is 12.0 Å². The Kier molecular flexibility index (Phi) is 3.59. The summed E-state index contributed by atoms with van der Waals surface area (Å²) in [4.78, 5) is 0. The van der Waals surface area contributed by atoms with Crippen LogP contribution in [-0.2, 0) is 0 Å². The van der Waals surface area contributed by atoms with Crippen LogP contribution in [0.5, 0.6) is 0 Å². The van der Waals surface area contributed by atoms with Gasteiger partial charge in [-0.3, -0.25) is 0 Å². The van der Waals surface area contributed by atoms with E-state index in [1.54, 1.807) is 0 Å². The number of hydrogen-bond acceptors (Lipinski definition) is 2. The Morgan fingerprint density at radius 3 is 2.81 bits per heavy atom. The Morgan fingerprint density at radius 1 is 1.31 bits per heavy atom. The highest BCUT2D eigenvalue weighted by molar-refractivity contribution is 6.31. The fraction of sp³-hybridized carbons (Fsp3) is 0.538. The van der Waals surface area contributed by atoms with Crippen molar-refractivity contribution in [1.82, 2.24) is 0 Å². The van der Waals surface area contributed by atoms with Crippen LogP contribution in [0.4, 0.5) is 11.4 Å². The minimum Gasteiger partial charge on any atom is -0.397 e. The van der Waals surface area contributed by atoms with Gasteiger partial charge in [0.05, 0.1) is 11.4 Å². The summed E-state index contributed by atoms with van der Waals surface area (Å²) < 4.78 is 0. The van der Waals surface area contributed by atoms with Gasteiger partial charge in [0.1, 0.15) is 0 Å². The van der Waals surface area contributed by atoms with Crippen LogP contribution in [0, 0.1) is 5.92 Å². The van der Waals surface area contributed by atoms with Gasteiger partial charge in [-0.25, -0.2) is 0 Å². The van der Waals surface area contributed by atoms with E-state index in [0.717, 1.165) is 16.4 Å². The summed E-state index contributed by atoms with van der Waals surface area (Å²) in [5, 5.41) is 4.27. The molecule has 3 heteroatoms. The molecule has 1 aromatic carbocycles. The first-order valence-corrected chi connectivity index (χ1v) is 6.36. The van der Waals surface area contributed by atoms with Crippen molar-refractivity contribution in [1.29, 1.82) is 0 Å². The number of halogens is 1. The van der Waals surface area contributed by atoms with Crippen LogP contribution in [0.2, 0.25) is 5.02 Å². The molecule has 16 heavy (non-hydrogen) atoms. The van der Waals surface area contributed by atoms with Crippen LogP contribution in [0.15, 0.2) is 18.2 Å². The first kappa shape index (κ1) is 11.6.